The number of rotatable bonds is 12. The molecule has 0 aliphatic rings. The molecule has 25 heavy (non-hydrogen) atoms. The lowest BCUT2D eigenvalue weighted by Gasteiger charge is -2.18. The van der Waals surface area contributed by atoms with Crippen LogP contribution in [0.15, 0.2) is 33.6 Å². The third-order valence-electron chi connectivity index (χ3n) is 3.68. The van der Waals surface area contributed by atoms with Crippen LogP contribution in [0.3, 0.4) is 0 Å². The van der Waals surface area contributed by atoms with E-state index in [-0.39, 0.29) is 10.8 Å². The van der Waals surface area contributed by atoms with E-state index >= 15 is 0 Å². The van der Waals surface area contributed by atoms with Crippen molar-refractivity contribution in [2.45, 2.75) is 50.0 Å². The fourth-order valence-electron chi connectivity index (χ4n) is 2.23. The largest absolute Gasteiger partial charge is 0.355 e. The molecule has 0 aliphatic heterocycles. The van der Waals surface area contributed by atoms with Crippen LogP contribution < -0.4 is 10.0 Å². The number of nitrogens with one attached hydrogen (secondary N) is 2. The van der Waals surface area contributed by atoms with Crippen molar-refractivity contribution >= 4 is 43.6 Å². The van der Waals surface area contributed by atoms with Crippen molar-refractivity contribution < 1.29 is 13.2 Å². The number of halogens is 1. The lowest BCUT2D eigenvalue weighted by molar-refractivity contribution is -0.122. The Morgan fingerprint density at radius 1 is 1.20 bits per heavy atom. The fraction of sp³-hybridized carbons (Fsp3) is 0.588. The highest BCUT2D eigenvalue weighted by Gasteiger charge is 2.25. The molecule has 0 aliphatic carbocycles. The quantitative estimate of drug-likeness (QED) is 0.477. The van der Waals surface area contributed by atoms with Crippen molar-refractivity contribution in [1.82, 2.24) is 10.0 Å². The first-order valence-corrected chi connectivity index (χ1v) is 12.1. The van der Waals surface area contributed by atoms with Gasteiger partial charge in [-0.15, -0.1) is 0 Å². The molecule has 1 aromatic carbocycles. The number of hydrogen-bond acceptors (Lipinski definition) is 4. The van der Waals surface area contributed by atoms with E-state index in [1.165, 1.54) is 12.1 Å². The zero-order chi connectivity index (χ0) is 18.7. The molecule has 8 heteroatoms. The Kier molecular flexibility index (Phi) is 10.7. The topological polar surface area (TPSA) is 75.3 Å². The summed E-state index contributed by atoms with van der Waals surface area (Å²) in [5.74, 6) is 0.447. The molecule has 0 spiro atoms. The van der Waals surface area contributed by atoms with Crippen LogP contribution >= 0.6 is 27.7 Å². The summed E-state index contributed by atoms with van der Waals surface area (Å²) in [5, 5.41) is 2.85. The van der Waals surface area contributed by atoms with Gasteiger partial charge in [0.05, 0.1) is 4.90 Å². The molecule has 142 valence electrons. The average molecular weight is 451 g/mol. The number of amides is 1. The summed E-state index contributed by atoms with van der Waals surface area (Å²) in [6.45, 7) is 2.71. The van der Waals surface area contributed by atoms with E-state index in [2.05, 4.69) is 32.9 Å². The summed E-state index contributed by atoms with van der Waals surface area (Å²) >= 11 is 4.87. The predicted octanol–water partition coefficient (Wildman–Crippen LogP) is 3.55. The maximum atomic E-state index is 12.5. The van der Waals surface area contributed by atoms with Gasteiger partial charge in [0, 0.05) is 11.0 Å². The fourth-order valence-corrected chi connectivity index (χ4v) is 4.20. The highest BCUT2D eigenvalue weighted by atomic mass is 79.9. The maximum absolute atomic E-state index is 12.5. The standard InChI is InChI=1S/C17H27BrN2O3S2/c1-3-4-5-6-12-19-17(21)16(11-13-24-2)20-25(22,23)15-9-7-14(18)8-10-15/h7-10,16,20H,3-6,11-13H2,1-2H3,(H,19,21). The van der Waals surface area contributed by atoms with E-state index in [9.17, 15) is 13.2 Å². The summed E-state index contributed by atoms with van der Waals surface area (Å²) in [4.78, 5) is 12.5. The van der Waals surface area contributed by atoms with Crippen molar-refractivity contribution in [1.29, 1.82) is 0 Å². The lowest BCUT2D eigenvalue weighted by Crippen LogP contribution is -2.47. The Labute approximate surface area is 163 Å². The predicted molar refractivity (Wildman–Crippen MR) is 108 cm³/mol. The second-order valence-corrected chi connectivity index (χ2v) is 9.38. The van der Waals surface area contributed by atoms with Gasteiger partial charge in [0.1, 0.15) is 6.04 Å². The number of sulfonamides is 1. The van der Waals surface area contributed by atoms with Crippen LogP contribution in [-0.4, -0.2) is 38.9 Å². The van der Waals surface area contributed by atoms with Crippen molar-refractivity contribution in [3.05, 3.63) is 28.7 Å². The summed E-state index contributed by atoms with van der Waals surface area (Å²) in [6.07, 6.45) is 6.64. The molecule has 1 amide bonds. The zero-order valence-electron chi connectivity index (χ0n) is 14.8. The van der Waals surface area contributed by atoms with Crippen LogP contribution in [0.2, 0.25) is 0 Å². The minimum absolute atomic E-state index is 0.153. The second kappa shape index (κ2) is 11.9. The first kappa shape index (κ1) is 22.5. The normalized spacial score (nSPS) is 12.8. The number of benzene rings is 1. The van der Waals surface area contributed by atoms with Gasteiger partial charge >= 0.3 is 0 Å². The van der Waals surface area contributed by atoms with E-state index in [1.54, 1.807) is 23.9 Å². The van der Waals surface area contributed by atoms with Crippen LogP contribution in [0, 0.1) is 0 Å². The summed E-state index contributed by atoms with van der Waals surface area (Å²) in [7, 11) is -3.73. The van der Waals surface area contributed by atoms with Crippen molar-refractivity contribution in [2.75, 3.05) is 18.6 Å². The molecule has 1 aromatic rings. The van der Waals surface area contributed by atoms with Gasteiger partial charge in [-0.25, -0.2) is 8.42 Å². The molecule has 1 rings (SSSR count). The van der Waals surface area contributed by atoms with Crippen LogP contribution in [-0.2, 0) is 14.8 Å². The molecular weight excluding hydrogens is 424 g/mol. The molecule has 0 heterocycles. The number of carbonyl (C=O) groups is 1. The first-order chi connectivity index (χ1) is 11.9. The third kappa shape index (κ3) is 8.57. The zero-order valence-corrected chi connectivity index (χ0v) is 18.0. The summed E-state index contributed by atoms with van der Waals surface area (Å²) in [6, 6.07) is 5.60. The van der Waals surface area contributed by atoms with E-state index in [1.807, 2.05) is 6.26 Å². The number of hydrogen-bond donors (Lipinski definition) is 2. The van der Waals surface area contributed by atoms with Crippen LogP contribution in [0.5, 0.6) is 0 Å². The Morgan fingerprint density at radius 2 is 1.88 bits per heavy atom. The van der Waals surface area contributed by atoms with Gasteiger partial charge in [-0.3, -0.25) is 4.79 Å². The Balaban J connectivity index is 2.70. The number of unbranched alkanes of at least 4 members (excludes halogenated alkanes) is 3. The van der Waals surface area contributed by atoms with Gasteiger partial charge in [0.2, 0.25) is 15.9 Å². The highest BCUT2D eigenvalue weighted by molar-refractivity contribution is 9.10. The van der Waals surface area contributed by atoms with Gasteiger partial charge in [0.15, 0.2) is 0 Å². The molecule has 1 atom stereocenters. The number of thioether (sulfide) groups is 1. The van der Waals surface area contributed by atoms with Crippen LogP contribution in [0.1, 0.15) is 39.0 Å². The summed E-state index contributed by atoms with van der Waals surface area (Å²) in [5.41, 5.74) is 0. The second-order valence-electron chi connectivity index (χ2n) is 5.76. The molecule has 0 saturated carbocycles. The van der Waals surface area contributed by atoms with Gasteiger partial charge < -0.3 is 5.32 Å². The molecule has 0 fully saturated rings. The smallest absolute Gasteiger partial charge is 0.241 e. The molecule has 5 nitrogen and oxygen atoms in total. The monoisotopic (exact) mass is 450 g/mol. The van der Waals surface area contributed by atoms with E-state index in [0.29, 0.717) is 18.7 Å². The maximum Gasteiger partial charge on any atom is 0.241 e. The molecular formula is C17H27BrN2O3S2. The SMILES string of the molecule is CCCCCCNC(=O)C(CCSC)NS(=O)(=O)c1ccc(Br)cc1. The highest BCUT2D eigenvalue weighted by Crippen LogP contribution is 2.15. The van der Waals surface area contributed by atoms with Crippen molar-refractivity contribution in [3.63, 3.8) is 0 Å². The average Bonchev–Trinajstić information content (AvgIpc) is 2.58. The Bertz CT molecular complexity index is 621. The van der Waals surface area contributed by atoms with E-state index in [0.717, 1.165) is 30.2 Å². The van der Waals surface area contributed by atoms with Crippen molar-refractivity contribution in [2.24, 2.45) is 0 Å². The Morgan fingerprint density at radius 3 is 2.48 bits per heavy atom. The molecule has 0 saturated heterocycles. The Hall–Kier alpha value is -0.570. The molecule has 0 bridgehead atoms. The van der Waals surface area contributed by atoms with E-state index < -0.39 is 16.1 Å². The van der Waals surface area contributed by atoms with Crippen LogP contribution in [0.25, 0.3) is 0 Å². The minimum Gasteiger partial charge on any atom is -0.355 e. The molecule has 1 unspecified atom stereocenters. The lowest BCUT2D eigenvalue weighted by atomic mass is 10.2. The van der Waals surface area contributed by atoms with Gasteiger partial charge in [-0.2, -0.15) is 16.5 Å². The first-order valence-electron chi connectivity index (χ1n) is 8.45. The third-order valence-corrected chi connectivity index (χ3v) is 6.34. The van der Waals surface area contributed by atoms with Crippen molar-refractivity contribution in [3.8, 4) is 0 Å². The molecule has 2 N–H and O–H groups in total. The van der Waals surface area contributed by atoms with E-state index in [4.69, 9.17) is 0 Å². The van der Waals surface area contributed by atoms with Gasteiger partial charge in [-0.05, 0) is 49.1 Å². The number of carbonyl (C=O) groups excluding carboxylic acids is 1. The summed E-state index contributed by atoms with van der Waals surface area (Å²) < 4.78 is 28.4. The minimum atomic E-state index is -3.73. The van der Waals surface area contributed by atoms with Crippen LogP contribution in [0.4, 0.5) is 0 Å². The molecule has 0 radical (unpaired) electrons. The van der Waals surface area contributed by atoms with Gasteiger partial charge in [0.25, 0.3) is 0 Å². The van der Waals surface area contributed by atoms with Gasteiger partial charge in [-0.1, -0.05) is 42.1 Å². The molecule has 0 aromatic heterocycles.